The van der Waals surface area contributed by atoms with Crippen LogP contribution in [0.2, 0.25) is 5.02 Å². The van der Waals surface area contributed by atoms with Crippen molar-refractivity contribution in [3.63, 3.8) is 0 Å². The zero-order valence-corrected chi connectivity index (χ0v) is 13.4. The summed E-state index contributed by atoms with van der Waals surface area (Å²) in [6, 6.07) is 13.7. The third-order valence-electron chi connectivity index (χ3n) is 2.87. The van der Waals surface area contributed by atoms with Gasteiger partial charge in [0.1, 0.15) is 0 Å². The predicted octanol–water partition coefficient (Wildman–Crippen LogP) is 2.65. The molecule has 2 rings (SSSR count). The van der Waals surface area contributed by atoms with Gasteiger partial charge in [0, 0.05) is 10.7 Å². The number of anilines is 1. The van der Waals surface area contributed by atoms with Crippen molar-refractivity contribution in [3.05, 3.63) is 59.6 Å². The fraction of sp³-hybridized carbons (Fsp3) is 0.133. The summed E-state index contributed by atoms with van der Waals surface area (Å²) in [5, 5.41) is 2.94. The Bertz CT molecular complexity index is 763. The van der Waals surface area contributed by atoms with E-state index in [1.54, 1.807) is 30.3 Å². The molecule has 0 aliphatic heterocycles. The summed E-state index contributed by atoms with van der Waals surface area (Å²) in [5.41, 5.74) is 0.598. The molecule has 1 amide bonds. The molecule has 0 aliphatic carbocycles. The zero-order valence-electron chi connectivity index (χ0n) is 11.8. The average molecular weight is 339 g/mol. The minimum absolute atomic E-state index is 0.0133. The summed E-state index contributed by atoms with van der Waals surface area (Å²) in [5.74, 6) is -0.447. The van der Waals surface area contributed by atoms with E-state index in [0.29, 0.717) is 10.7 Å². The van der Waals surface area contributed by atoms with Crippen molar-refractivity contribution in [2.75, 3.05) is 5.32 Å². The fourth-order valence-corrected chi connectivity index (χ4v) is 3.26. The quantitative estimate of drug-likeness (QED) is 0.880. The van der Waals surface area contributed by atoms with Gasteiger partial charge in [-0.1, -0.05) is 35.9 Å². The molecule has 0 bridgehead atoms. The molecule has 0 aliphatic rings. The van der Waals surface area contributed by atoms with E-state index in [1.165, 1.54) is 25.1 Å². The van der Waals surface area contributed by atoms with E-state index in [9.17, 15) is 13.2 Å². The minimum Gasteiger partial charge on any atom is -0.325 e. The van der Waals surface area contributed by atoms with Gasteiger partial charge in [-0.2, -0.15) is 4.72 Å². The van der Waals surface area contributed by atoms with Gasteiger partial charge in [-0.3, -0.25) is 4.79 Å². The Kier molecular flexibility index (Phi) is 5.18. The second kappa shape index (κ2) is 6.91. The van der Waals surface area contributed by atoms with Crippen LogP contribution in [0, 0.1) is 0 Å². The summed E-state index contributed by atoms with van der Waals surface area (Å²) < 4.78 is 26.7. The maximum absolute atomic E-state index is 12.2. The standard InChI is InChI=1S/C15H15ClN2O3S/c1-11(15(19)17-13-7-3-2-4-8-13)18-22(20,21)14-9-5-6-12(16)10-14/h2-11,18H,1H3,(H,17,19)/t11-/m0/s1. The highest BCUT2D eigenvalue weighted by molar-refractivity contribution is 7.89. The highest BCUT2D eigenvalue weighted by Gasteiger charge is 2.22. The number of rotatable bonds is 5. The first-order valence-electron chi connectivity index (χ1n) is 6.52. The summed E-state index contributed by atoms with van der Waals surface area (Å²) in [7, 11) is -3.81. The first-order valence-corrected chi connectivity index (χ1v) is 8.38. The van der Waals surface area contributed by atoms with Crippen molar-refractivity contribution >= 4 is 33.2 Å². The van der Waals surface area contributed by atoms with E-state index >= 15 is 0 Å². The number of benzene rings is 2. The molecule has 2 aromatic carbocycles. The number of carbonyl (C=O) groups excluding carboxylic acids is 1. The third-order valence-corrected chi connectivity index (χ3v) is 4.65. The SMILES string of the molecule is C[C@H](NS(=O)(=O)c1cccc(Cl)c1)C(=O)Nc1ccccc1. The molecular weight excluding hydrogens is 324 g/mol. The molecule has 7 heteroatoms. The topological polar surface area (TPSA) is 75.3 Å². The van der Waals surface area contributed by atoms with Crippen molar-refractivity contribution in [1.82, 2.24) is 4.72 Å². The van der Waals surface area contributed by atoms with Gasteiger partial charge < -0.3 is 5.32 Å². The molecule has 0 spiro atoms. The first kappa shape index (κ1) is 16.5. The number of nitrogens with one attached hydrogen (secondary N) is 2. The molecule has 0 aromatic heterocycles. The van der Waals surface area contributed by atoms with Gasteiger partial charge in [-0.15, -0.1) is 0 Å². The molecule has 2 N–H and O–H groups in total. The van der Waals surface area contributed by atoms with Crippen LogP contribution in [-0.2, 0) is 14.8 Å². The summed E-state index contributed by atoms with van der Waals surface area (Å²) in [4.78, 5) is 12.0. The lowest BCUT2D eigenvalue weighted by atomic mass is 10.3. The predicted molar refractivity (Wildman–Crippen MR) is 86.3 cm³/mol. The third kappa shape index (κ3) is 4.30. The van der Waals surface area contributed by atoms with E-state index in [1.807, 2.05) is 6.07 Å². The van der Waals surface area contributed by atoms with Gasteiger partial charge in [0.15, 0.2) is 0 Å². The van der Waals surface area contributed by atoms with Crippen LogP contribution in [0.15, 0.2) is 59.5 Å². The number of para-hydroxylation sites is 1. The number of sulfonamides is 1. The van der Waals surface area contributed by atoms with Gasteiger partial charge in [-0.05, 0) is 37.3 Å². The van der Waals surface area contributed by atoms with Crippen molar-refractivity contribution in [3.8, 4) is 0 Å². The van der Waals surface area contributed by atoms with Crippen molar-refractivity contribution < 1.29 is 13.2 Å². The molecule has 0 unspecified atom stereocenters. The van der Waals surface area contributed by atoms with Gasteiger partial charge in [0.2, 0.25) is 15.9 Å². The maximum Gasteiger partial charge on any atom is 0.242 e. The largest absolute Gasteiger partial charge is 0.325 e. The van der Waals surface area contributed by atoms with Crippen LogP contribution in [-0.4, -0.2) is 20.4 Å². The molecule has 116 valence electrons. The Labute approximate surface area is 134 Å². The van der Waals surface area contributed by atoms with E-state index in [0.717, 1.165) is 0 Å². The highest BCUT2D eigenvalue weighted by atomic mass is 35.5. The fourth-order valence-electron chi connectivity index (χ4n) is 1.76. The first-order chi connectivity index (χ1) is 10.4. The lowest BCUT2D eigenvalue weighted by molar-refractivity contribution is -0.117. The molecular formula is C15H15ClN2O3S. The molecule has 0 heterocycles. The van der Waals surface area contributed by atoms with Crippen LogP contribution in [0.4, 0.5) is 5.69 Å². The molecule has 0 saturated carbocycles. The van der Waals surface area contributed by atoms with E-state index in [-0.39, 0.29) is 4.90 Å². The molecule has 0 radical (unpaired) electrons. The molecule has 5 nitrogen and oxygen atoms in total. The number of halogens is 1. The Morgan fingerprint density at radius 2 is 1.77 bits per heavy atom. The van der Waals surface area contributed by atoms with Crippen LogP contribution in [0.3, 0.4) is 0 Å². The minimum atomic E-state index is -3.81. The van der Waals surface area contributed by atoms with E-state index in [2.05, 4.69) is 10.0 Å². The second-order valence-electron chi connectivity index (χ2n) is 4.66. The Hall–Kier alpha value is -1.89. The Morgan fingerprint density at radius 1 is 1.09 bits per heavy atom. The number of hydrogen-bond donors (Lipinski definition) is 2. The second-order valence-corrected chi connectivity index (χ2v) is 6.81. The van der Waals surface area contributed by atoms with Gasteiger partial charge >= 0.3 is 0 Å². The van der Waals surface area contributed by atoms with Crippen molar-refractivity contribution in [2.45, 2.75) is 17.9 Å². The smallest absolute Gasteiger partial charge is 0.242 e. The molecule has 1 atom stereocenters. The van der Waals surface area contributed by atoms with E-state index in [4.69, 9.17) is 11.6 Å². The maximum atomic E-state index is 12.2. The zero-order chi connectivity index (χ0) is 16.2. The lowest BCUT2D eigenvalue weighted by Crippen LogP contribution is -2.41. The van der Waals surface area contributed by atoms with Crippen LogP contribution < -0.4 is 10.0 Å². The average Bonchev–Trinajstić information content (AvgIpc) is 2.48. The molecule has 22 heavy (non-hydrogen) atoms. The van der Waals surface area contributed by atoms with Crippen LogP contribution >= 0.6 is 11.6 Å². The summed E-state index contributed by atoms with van der Waals surface area (Å²) in [6.45, 7) is 1.47. The Morgan fingerprint density at radius 3 is 2.41 bits per heavy atom. The number of amides is 1. The molecule has 0 fully saturated rings. The highest BCUT2D eigenvalue weighted by Crippen LogP contribution is 2.15. The van der Waals surface area contributed by atoms with Crippen LogP contribution in [0.1, 0.15) is 6.92 Å². The summed E-state index contributed by atoms with van der Waals surface area (Å²) in [6.07, 6.45) is 0. The van der Waals surface area contributed by atoms with Crippen molar-refractivity contribution in [1.29, 1.82) is 0 Å². The van der Waals surface area contributed by atoms with E-state index < -0.39 is 22.0 Å². The molecule has 0 saturated heterocycles. The molecule has 2 aromatic rings. The Balaban J connectivity index is 2.07. The number of hydrogen-bond acceptors (Lipinski definition) is 3. The monoisotopic (exact) mass is 338 g/mol. The van der Waals surface area contributed by atoms with Gasteiger partial charge in [0.05, 0.1) is 10.9 Å². The van der Waals surface area contributed by atoms with Gasteiger partial charge in [0.25, 0.3) is 0 Å². The number of carbonyl (C=O) groups is 1. The van der Waals surface area contributed by atoms with Crippen molar-refractivity contribution in [2.24, 2.45) is 0 Å². The normalized spacial score (nSPS) is 12.6. The summed E-state index contributed by atoms with van der Waals surface area (Å²) >= 11 is 5.79. The van der Waals surface area contributed by atoms with Gasteiger partial charge in [-0.25, -0.2) is 8.42 Å². The van der Waals surface area contributed by atoms with Crippen LogP contribution in [0.5, 0.6) is 0 Å². The lowest BCUT2D eigenvalue weighted by Gasteiger charge is -2.14. The van der Waals surface area contributed by atoms with Crippen LogP contribution in [0.25, 0.3) is 0 Å².